The molecule has 0 unspecified atom stereocenters. The van der Waals surface area contributed by atoms with Crippen LogP contribution < -0.4 is 5.32 Å². The molecule has 120 valence electrons. The van der Waals surface area contributed by atoms with Crippen LogP contribution in [0.1, 0.15) is 58.3 Å². The standard InChI is InChI=1S/C16H27NO4/c1-2-12-3-5-13(6-4-12)15(20)17-16(11-14(18)19)7-9-21-10-8-16/h12-13H,2-11H2,1H3,(H,17,20)(H,18,19). The van der Waals surface area contributed by atoms with Crippen molar-refractivity contribution in [3.05, 3.63) is 0 Å². The minimum atomic E-state index is -0.855. The second kappa shape index (κ2) is 7.25. The molecule has 1 amide bonds. The molecule has 0 bridgehead atoms. The lowest BCUT2D eigenvalue weighted by Crippen LogP contribution is -2.54. The largest absolute Gasteiger partial charge is 0.481 e. The van der Waals surface area contributed by atoms with Gasteiger partial charge in [0.15, 0.2) is 0 Å². The molecule has 0 aromatic heterocycles. The van der Waals surface area contributed by atoms with E-state index in [0.717, 1.165) is 31.6 Å². The van der Waals surface area contributed by atoms with Crippen molar-refractivity contribution in [2.45, 2.75) is 63.8 Å². The van der Waals surface area contributed by atoms with Crippen LogP contribution in [0.4, 0.5) is 0 Å². The van der Waals surface area contributed by atoms with Crippen molar-refractivity contribution < 1.29 is 19.4 Å². The summed E-state index contributed by atoms with van der Waals surface area (Å²) in [5.41, 5.74) is -0.608. The van der Waals surface area contributed by atoms with E-state index in [9.17, 15) is 9.59 Å². The van der Waals surface area contributed by atoms with Crippen molar-refractivity contribution in [2.24, 2.45) is 11.8 Å². The number of carboxylic acid groups (broad SMARTS) is 1. The molecule has 5 nitrogen and oxygen atoms in total. The van der Waals surface area contributed by atoms with Crippen molar-refractivity contribution in [2.75, 3.05) is 13.2 Å². The van der Waals surface area contributed by atoms with E-state index in [1.807, 2.05) is 0 Å². The van der Waals surface area contributed by atoms with Gasteiger partial charge in [0, 0.05) is 19.1 Å². The molecule has 0 spiro atoms. The van der Waals surface area contributed by atoms with Crippen LogP contribution in [-0.4, -0.2) is 35.7 Å². The lowest BCUT2D eigenvalue weighted by atomic mass is 9.79. The Morgan fingerprint density at radius 2 is 1.81 bits per heavy atom. The Labute approximate surface area is 126 Å². The fourth-order valence-electron chi connectivity index (χ4n) is 3.59. The lowest BCUT2D eigenvalue weighted by Gasteiger charge is -2.38. The van der Waals surface area contributed by atoms with E-state index in [2.05, 4.69) is 12.2 Å². The Balaban J connectivity index is 1.93. The quantitative estimate of drug-likeness (QED) is 0.816. The molecule has 2 N–H and O–H groups in total. The van der Waals surface area contributed by atoms with Crippen LogP contribution in [0.2, 0.25) is 0 Å². The van der Waals surface area contributed by atoms with E-state index >= 15 is 0 Å². The summed E-state index contributed by atoms with van der Waals surface area (Å²) in [6, 6.07) is 0. The number of nitrogens with one attached hydrogen (secondary N) is 1. The molecule has 1 saturated heterocycles. The highest BCUT2D eigenvalue weighted by Crippen LogP contribution is 2.32. The number of rotatable bonds is 5. The molecule has 2 aliphatic rings. The van der Waals surface area contributed by atoms with Gasteiger partial charge < -0.3 is 15.2 Å². The van der Waals surface area contributed by atoms with Crippen LogP contribution in [0.3, 0.4) is 0 Å². The highest BCUT2D eigenvalue weighted by atomic mass is 16.5. The molecule has 1 heterocycles. The minimum absolute atomic E-state index is 0.00753. The van der Waals surface area contributed by atoms with Crippen LogP contribution >= 0.6 is 0 Å². The molecular formula is C16H27NO4. The first-order valence-electron chi connectivity index (χ1n) is 8.16. The smallest absolute Gasteiger partial charge is 0.305 e. The van der Waals surface area contributed by atoms with Gasteiger partial charge in [0.1, 0.15) is 0 Å². The molecule has 0 aromatic rings. The van der Waals surface area contributed by atoms with Crippen LogP contribution in [0.15, 0.2) is 0 Å². The first kappa shape index (κ1) is 16.3. The van der Waals surface area contributed by atoms with E-state index in [-0.39, 0.29) is 18.2 Å². The maximum absolute atomic E-state index is 12.5. The number of aliphatic carboxylic acids is 1. The molecule has 0 radical (unpaired) electrons. The highest BCUT2D eigenvalue weighted by Gasteiger charge is 2.38. The third-order valence-electron chi connectivity index (χ3n) is 5.12. The number of carboxylic acids is 1. The summed E-state index contributed by atoms with van der Waals surface area (Å²) < 4.78 is 5.32. The monoisotopic (exact) mass is 297 g/mol. The van der Waals surface area contributed by atoms with Gasteiger partial charge in [-0.15, -0.1) is 0 Å². The number of hydrogen-bond donors (Lipinski definition) is 2. The topological polar surface area (TPSA) is 75.6 Å². The molecule has 2 rings (SSSR count). The summed E-state index contributed by atoms with van der Waals surface area (Å²) in [5.74, 6) is 0.00557. The molecule has 0 atom stereocenters. The number of amides is 1. The van der Waals surface area contributed by atoms with E-state index in [1.54, 1.807) is 0 Å². The Bertz CT molecular complexity index is 368. The summed E-state index contributed by atoms with van der Waals surface area (Å²) in [6.45, 7) is 3.25. The molecule has 21 heavy (non-hydrogen) atoms. The van der Waals surface area contributed by atoms with Crippen molar-refractivity contribution >= 4 is 11.9 Å². The van der Waals surface area contributed by atoms with E-state index in [1.165, 1.54) is 6.42 Å². The van der Waals surface area contributed by atoms with Crippen LogP contribution in [0.25, 0.3) is 0 Å². The van der Waals surface area contributed by atoms with Crippen LogP contribution in [0, 0.1) is 11.8 Å². The van der Waals surface area contributed by atoms with Gasteiger partial charge in [-0.3, -0.25) is 9.59 Å². The predicted molar refractivity (Wildman–Crippen MR) is 78.9 cm³/mol. The first-order chi connectivity index (χ1) is 10.0. The normalized spacial score (nSPS) is 28.8. The van der Waals surface area contributed by atoms with E-state index in [0.29, 0.717) is 26.1 Å². The zero-order valence-corrected chi connectivity index (χ0v) is 12.9. The molecule has 5 heteroatoms. The maximum Gasteiger partial charge on any atom is 0.305 e. The summed E-state index contributed by atoms with van der Waals surface area (Å²) >= 11 is 0. The predicted octanol–water partition coefficient (Wildman–Crippen LogP) is 2.34. The lowest BCUT2D eigenvalue weighted by molar-refractivity contribution is -0.141. The SMILES string of the molecule is CCC1CCC(C(=O)NC2(CC(=O)O)CCOCC2)CC1. The number of carbonyl (C=O) groups is 2. The maximum atomic E-state index is 12.5. The van der Waals surface area contributed by atoms with E-state index < -0.39 is 11.5 Å². The zero-order chi connectivity index (χ0) is 15.3. The Kier molecular flexibility index (Phi) is 5.62. The van der Waals surface area contributed by atoms with Gasteiger partial charge in [-0.25, -0.2) is 0 Å². The average Bonchev–Trinajstić information content (AvgIpc) is 2.47. The van der Waals surface area contributed by atoms with Gasteiger partial charge in [0.2, 0.25) is 5.91 Å². The summed E-state index contributed by atoms with van der Waals surface area (Å²) in [4.78, 5) is 23.6. The van der Waals surface area contributed by atoms with Gasteiger partial charge in [-0.2, -0.15) is 0 Å². The summed E-state index contributed by atoms with van der Waals surface area (Å²) in [7, 11) is 0. The summed E-state index contributed by atoms with van der Waals surface area (Å²) in [5, 5.41) is 12.2. The van der Waals surface area contributed by atoms with Gasteiger partial charge in [0.25, 0.3) is 0 Å². The Morgan fingerprint density at radius 1 is 1.19 bits per heavy atom. The Hall–Kier alpha value is -1.10. The number of ether oxygens (including phenoxy) is 1. The molecule has 1 aliphatic heterocycles. The fraction of sp³-hybridized carbons (Fsp3) is 0.875. The second-order valence-electron chi connectivity index (χ2n) is 6.58. The third kappa shape index (κ3) is 4.43. The van der Waals surface area contributed by atoms with Gasteiger partial charge in [-0.05, 0) is 44.4 Å². The zero-order valence-electron chi connectivity index (χ0n) is 12.9. The first-order valence-corrected chi connectivity index (χ1v) is 8.16. The average molecular weight is 297 g/mol. The summed E-state index contributed by atoms with van der Waals surface area (Å²) in [6.07, 6.45) is 6.47. The molecule has 2 fully saturated rings. The van der Waals surface area contributed by atoms with Crippen LogP contribution in [-0.2, 0) is 14.3 Å². The minimum Gasteiger partial charge on any atom is -0.481 e. The van der Waals surface area contributed by atoms with Gasteiger partial charge in [0.05, 0.1) is 12.0 Å². The van der Waals surface area contributed by atoms with Crippen molar-refractivity contribution in [1.29, 1.82) is 0 Å². The number of carbonyl (C=O) groups excluding carboxylic acids is 1. The molecule has 1 aliphatic carbocycles. The second-order valence-corrected chi connectivity index (χ2v) is 6.58. The van der Waals surface area contributed by atoms with Crippen molar-refractivity contribution in [3.8, 4) is 0 Å². The van der Waals surface area contributed by atoms with Crippen molar-refractivity contribution in [3.63, 3.8) is 0 Å². The Morgan fingerprint density at radius 3 is 2.33 bits per heavy atom. The fourth-order valence-corrected chi connectivity index (χ4v) is 3.59. The highest BCUT2D eigenvalue weighted by molar-refractivity contribution is 5.80. The molecule has 1 saturated carbocycles. The van der Waals surface area contributed by atoms with Gasteiger partial charge >= 0.3 is 5.97 Å². The third-order valence-corrected chi connectivity index (χ3v) is 5.12. The number of hydrogen-bond acceptors (Lipinski definition) is 3. The van der Waals surface area contributed by atoms with Crippen LogP contribution in [0.5, 0.6) is 0 Å². The molecule has 0 aromatic carbocycles. The molecular weight excluding hydrogens is 270 g/mol. The van der Waals surface area contributed by atoms with E-state index in [4.69, 9.17) is 9.84 Å². The van der Waals surface area contributed by atoms with Crippen molar-refractivity contribution in [1.82, 2.24) is 5.32 Å². The van der Waals surface area contributed by atoms with Gasteiger partial charge in [-0.1, -0.05) is 13.3 Å².